The van der Waals surface area contributed by atoms with Gasteiger partial charge in [0, 0.05) is 15.1 Å². The van der Waals surface area contributed by atoms with Gasteiger partial charge in [-0.05, 0) is 30.7 Å². The summed E-state index contributed by atoms with van der Waals surface area (Å²) in [6.07, 6.45) is 0. The van der Waals surface area contributed by atoms with E-state index >= 15 is 0 Å². The second-order valence-electron chi connectivity index (χ2n) is 4.67. The predicted octanol–water partition coefficient (Wildman–Crippen LogP) is 4.00. The molecule has 0 bridgehead atoms. The minimum atomic E-state index is -0.00123. The fourth-order valence-electron chi connectivity index (χ4n) is 1.90. The van der Waals surface area contributed by atoms with E-state index in [1.54, 1.807) is 0 Å². The number of hydrogen-bond acceptors (Lipinski definition) is 3. The van der Waals surface area contributed by atoms with Gasteiger partial charge in [0.05, 0.1) is 11.8 Å². The fourth-order valence-corrected chi connectivity index (χ4v) is 3.04. The summed E-state index contributed by atoms with van der Waals surface area (Å²) in [5, 5.41) is 2.99. The summed E-state index contributed by atoms with van der Waals surface area (Å²) < 4.78 is 0.937. The molecule has 0 heterocycles. The average molecular weight is 365 g/mol. The normalized spacial score (nSPS) is 11.9. The van der Waals surface area contributed by atoms with Crippen LogP contribution < -0.4 is 11.1 Å². The van der Waals surface area contributed by atoms with Crippen molar-refractivity contribution in [2.75, 3.05) is 11.5 Å². The Bertz CT molecular complexity index is 619. The van der Waals surface area contributed by atoms with Gasteiger partial charge < -0.3 is 11.1 Å². The molecule has 0 aromatic heterocycles. The van der Waals surface area contributed by atoms with Crippen LogP contribution >= 0.6 is 27.7 Å². The molecule has 0 aliphatic carbocycles. The monoisotopic (exact) mass is 364 g/mol. The summed E-state index contributed by atoms with van der Waals surface area (Å²) >= 11 is 4.81. The SMILES string of the molecule is CC(NC(=O)CSc1ccc(Br)cc1N)c1ccccc1. The highest BCUT2D eigenvalue weighted by molar-refractivity contribution is 9.10. The van der Waals surface area contributed by atoms with Crippen LogP contribution in [0.4, 0.5) is 5.69 Å². The smallest absolute Gasteiger partial charge is 0.230 e. The van der Waals surface area contributed by atoms with Gasteiger partial charge in [-0.25, -0.2) is 0 Å². The van der Waals surface area contributed by atoms with Crippen molar-refractivity contribution >= 4 is 39.3 Å². The van der Waals surface area contributed by atoms with Crippen molar-refractivity contribution in [3.8, 4) is 0 Å². The Balaban J connectivity index is 1.87. The zero-order valence-electron chi connectivity index (χ0n) is 11.7. The molecule has 3 nitrogen and oxygen atoms in total. The molecular weight excluding hydrogens is 348 g/mol. The van der Waals surface area contributed by atoms with Gasteiger partial charge in [-0.15, -0.1) is 11.8 Å². The highest BCUT2D eigenvalue weighted by atomic mass is 79.9. The lowest BCUT2D eigenvalue weighted by atomic mass is 10.1. The molecule has 0 saturated carbocycles. The van der Waals surface area contributed by atoms with Gasteiger partial charge in [0.2, 0.25) is 5.91 Å². The Labute approximate surface area is 137 Å². The Hall–Kier alpha value is -1.46. The largest absolute Gasteiger partial charge is 0.398 e. The van der Waals surface area contributed by atoms with Crippen molar-refractivity contribution in [3.05, 3.63) is 58.6 Å². The molecule has 1 atom stereocenters. The molecule has 110 valence electrons. The van der Waals surface area contributed by atoms with Gasteiger partial charge in [0.15, 0.2) is 0 Å². The number of nitrogens with two attached hydrogens (primary N) is 1. The number of nitrogens with one attached hydrogen (secondary N) is 1. The van der Waals surface area contributed by atoms with Crippen LogP contribution in [-0.2, 0) is 4.79 Å². The molecule has 2 rings (SSSR count). The number of benzene rings is 2. The van der Waals surface area contributed by atoms with Gasteiger partial charge in [-0.1, -0.05) is 46.3 Å². The van der Waals surface area contributed by atoms with Crippen molar-refractivity contribution in [2.24, 2.45) is 0 Å². The van der Waals surface area contributed by atoms with Gasteiger partial charge in [0.1, 0.15) is 0 Å². The zero-order valence-corrected chi connectivity index (χ0v) is 14.1. The van der Waals surface area contributed by atoms with Crippen LogP contribution in [0.3, 0.4) is 0 Å². The zero-order chi connectivity index (χ0) is 15.2. The molecule has 1 amide bonds. The molecule has 0 radical (unpaired) electrons. The van der Waals surface area contributed by atoms with Crippen LogP contribution in [-0.4, -0.2) is 11.7 Å². The first-order valence-corrected chi connectivity index (χ1v) is 8.36. The van der Waals surface area contributed by atoms with Crippen molar-refractivity contribution in [1.82, 2.24) is 5.32 Å². The first-order chi connectivity index (χ1) is 10.1. The van der Waals surface area contributed by atoms with E-state index < -0.39 is 0 Å². The lowest BCUT2D eigenvalue weighted by Gasteiger charge is -2.14. The predicted molar refractivity (Wildman–Crippen MR) is 92.3 cm³/mol. The molecule has 2 aromatic rings. The molecule has 0 aliphatic heterocycles. The van der Waals surface area contributed by atoms with Crippen molar-refractivity contribution < 1.29 is 4.79 Å². The maximum absolute atomic E-state index is 12.0. The van der Waals surface area contributed by atoms with E-state index in [-0.39, 0.29) is 11.9 Å². The highest BCUT2D eigenvalue weighted by Crippen LogP contribution is 2.27. The third-order valence-corrected chi connectivity index (χ3v) is 4.59. The van der Waals surface area contributed by atoms with Gasteiger partial charge in [-0.3, -0.25) is 4.79 Å². The summed E-state index contributed by atoms with van der Waals surface area (Å²) in [6, 6.07) is 15.6. The topological polar surface area (TPSA) is 55.1 Å². The number of carbonyl (C=O) groups excluding carboxylic acids is 1. The average Bonchev–Trinajstić information content (AvgIpc) is 2.47. The van der Waals surface area contributed by atoms with Gasteiger partial charge in [-0.2, -0.15) is 0 Å². The number of amides is 1. The molecule has 3 N–H and O–H groups in total. The second kappa shape index (κ2) is 7.52. The summed E-state index contributed by atoms with van der Waals surface area (Å²) in [5.74, 6) is 0.349. The summed E-state index contributed by atoms with van der Waals surface area (Å²) in [4.78, 5) is 12.9. The quantitative estimate of drug-likeness (QED) is 0.622. The number of carbonyl (C=O) groups is 1. The van der Waals surface area contributed by atoms with Crippen LogP contribution in [0.1, 0.15) is 18.5 Å². The van der Waals surface area contributed by atoms with Crippen molar-refractivity contribution in [2.45, 2.75) is 17.9 Å². The molecule has 0 saturated heterocycles. The van der Waals surface area contributed by atoms with E-state index in [1.165, 1.54) is 11.8 Å². The number of anilines is 1. The minimum absolute atomic E-state index is 0.00123. The Kier molecular flexibility index (Phi) is 5.70. The third kappa shape index (κ3) is 4.79. The van der Waals surface area contributed by atoms with Crippen LogP contribution in [0.25, 0.3) is 0 Å². The molecular formula is C16H17BrN2OS. The lowest BCUT2D eigenvalue weighted by molar-refractivity contribution is -0.119. The Morgan fingerprint density at radius 2 is 2.00 bits per heavy atom. The van der Waals surface area contributed by atoms with Crippen molar-refractivity contribution in [3.63, 3.8) is 0 Å². The lowest BCUT2D eigenvalue weighted by Crippen LogP contribution is -2.28. The molecule has 0 spiro atoms. The maximum atomic E-state index is 12.0. The highest BCUT2D eigenvalue weighted by Gasteiger charge is 2.10. The maximum Gasteiger partial charge on any atom is 0.230 e. The molecule has 2 aromatic carbocycles. The third-order valence-electron chi connectivity index (χ3n) is 3.01. The first-order valence-electron chi connectivity index (χ1n) is 6.58. The number of nitrogen functional groups attached to an aromatic ring is 1. The van der Waals surface area contributed by atoms with Crippen LogP contribution in [0, 0.1) is 0 Å². The Morgan fingerprint density at radius 3 is 2.67 bits per heavy atom. The van der Waals surface area contributed by atoms with Crippen LogP contribution in [0.2, 0.25) is 0 Å². The summed E-state index contributed by atoms with van der Waals surface area (Å²) in [5.41, 5.74) is 7.69. The molecule has 0 fully saturated rings. The van der Waals surface area contributed by atoms with E-state index in [0.29, 0.717) is 11.4 Å². The molecule has 0 aliphatic rings. The number of thioether (sulfide) groups is 1. The number of rotatable bonds is 5. The van der Waals surface area contributed by atoms with E-state index in [2.05, 4.69) is 21.2 Å². The number of halogens is 1. The standard InChI is InChI=1S/C16H17BrN2OS/c1-11(12-5-3-2-4-6-12)19-16(20)10-21-15-8-7-13(17)9-14(15)18/h2-9,11H,10,18H2,1H3,(H,19,20). The summed E-state index contributed by atoms with van der Waals surface area (Å²) in [7, 11) is 0. The van der Waals surface area contributed by atoms with Crippen LogP contribution in [0.5, 0.6) is 0 Å². The fraction of sp³-hybridized carbons (Fsp3) is 0.188. The van der Waals surface area contributed by atoms with Gasteiger partial charge >= 0.3 is 0 Å². The first kappa shape index (κ1) is 15.9. The number of hydrogen-bond donors (Lipinski definition) is 2. The van der Waals surface area contributed by atoms with Gasteiger partial charge in [0.25, 0.3) is 0 Å². The van der Waals surface area contributed by atoms with Crippen LogP contribution in [0.15, 0.2) is 57.9 Å². The van der Waals surface area contributed by atoms with E-state index in [0.717, 1.165) is 14.9 Å². The molecule has 5 heteroatoms. The summed E-state index contributed by atoms with van der Waals surface area (Å²) in [6.45, 7) is 1.98. The Morgan fingerprint density at radius 1 is 1.29 bits per heavy atom. The van der Waals surface area contributed by atoms with E-state index in [9.17, 15) is 4.79 Å². The van der Waals surface area contributed by atoms with Crippen molar-refractivity contribution in [1.29, 1.82) is 0 Å². The minimum Gasteiger partial charge on any atom is -0.398 e. The van der Waals surface area contributed by atoms with E-state index in [1.807, 2.05) is 55.5 Å². The van der Waals surface area contributed by atoms with E-state index in [4.69, 9.17) is 5.73 Å². The molecule has 21 heavy (non-hydrogen) atoms. The second-order valence-corrected chi connectivity index (χ2v) is 6.60. The molecule has 1 unspecified atom stereocenters.